The molecule has 0 aliphatic carbocycles. The number of nitrogens with zero attached hydrogens (tertiary/aromatic N) is 7. The minimum atomic E-state index is -3.31. The van der Waals surface area contributed by atoms with E-state index in [1.54, 1.807) is 44.4 Å². The number of anilines is 1. The Balaban J connectivity index is 1.32. The third kappa shape index (κ3) is 4.62. The molecule has 11 heteroatoms. The number of piperazine rings is 1. The Labute approximate surface area is 186 Å². The molecule has 0 bridgehead atoms. The van der Waals surface area contributed by atoms with Crippen molar-refractivity contribution in [3.8, 4) is 5.82 Å². The Bertz CT molecular complexity index is 1150. The van der Waals surface area contributed by atoms with Gasteiger partial charge < -0.3 is 9.80 Å². The third-order valence-corrected chi connectivity index (χ3v) is 7.64. The molecular weight excluding hydrogens is 430 g/mol. The number of benzene rings is 1. The summed E-state index contributed by atoms with van der Waals surface area (Å²) in [6.07, 6.45) is 3.24. The Morgan fingerprint density at radius 1 is 0.969 bits per heavy atom. The summed E-state index contributed by atoms with van der Waals surface area (Å²) < 4.78 is 26.0. The minimum absolute atomic E-state index is 0.0248. The van der Waals surface area contributed by atoms with Crippen molar-refractivity contribution in [2.45, 2.75) is 30.4 Å². The van der Waals surface area contributed by atoms with Gasteiger partial charge in [-0.15, -0.1) is 10.2 Å². The van der Waals surface area contributed by atoms with Crippen LogP contribution in [0.5, 0.6) is 0 Å². The number of aromatic nitrogens is 5. The molecule has 0 saturated carbocycles. The van der Waals surface area contributed by atoms with E-state index in [2.05, 4.69) is 25.2 Å². The van der Waals surface area contributed by atoms with Crippen LogP contribution in [0.4, 0.5) is 5.82 Å². The van der Waals surface area contributed by atoms with E-state index < -0.39 is 15.1 Å². The number of hydrogen-bond acceptors (Lipinski definition) is 8. The van der Waals surface area contributed by atoms with E-state index in [0.29, 0.717) is 32.0 Å². The van der Waals surface area contributed by atoms with Crippen LogP contribution in [0.1, 0.15) is 19.4 Å². The molecule has 0 spiro atoms. The van der Waals surface area contributed by atoms with Crippen molar-refractivity contribution < 1.29 is 13.2 Å². The molecular formula is C21H25N7O3S. The molecule has 1 aliphatic rings. The Morgan fingerprint density at radius 3 is 2.19 bits per heavy atom. The topological polar surface area (TPSA) is 114 Å². The van der Waals surface area contributed by atoms with Gasteiger partial charge >= 0.3 is 0 Å². The SMILES string of the molecule is CC(C)S(=O)(=O)c1ccc(CC(=O)N2CCN(c3ccc(-n4cncn4)nn3)CC2)cc1. The highest BCUT2D eigenvalue weighted by Gasteiger charge is 2.23. The van der Waals surface area contributed by atoms with Crippen molar-refractivity contribution in [1.82, 2.24) is 29.9 Å². The van der Waals surface area contributed by atoms with Crippen LogP contribution in [0.3, 0.4) is 0 Å². The van der Waals surface area contributed by atoms with Gasteiger partial charge in [-0.3, -0.25) is 4.79 Å². The van der Waals surface area contributed by atoms with Crippen LogP contribution in [-0.2, 0) is 21.1 Å². The van der Waals surface area contributed by atoms with E-state index in [0.717, 1.165) is 11.4 Å². The lowest BCUT2D eigenvalue weighted by molar-refractivity contribution is -0.130. The molecule has 1 aliphatic heterocycles. The maximum absolute atomic E-state index is 12.7. The van der Waals surface area contributed by atoms with Crippen molar-refractivity contribution in [2.75, 3.05) is 31.1 Å². The summed E-state index contributed by atoms with van der Waals surface area (Å²) in [7, 11) is -3.31. The largest absolute Gasteiger partial charge is 0.352 e. The Kier molecular flexibility index (Phi) is 6.17. The maximum atomic E-state index is 12.7. The normalized spacial score (nSPS) is 14.7. The lowest BCUT2D eigenvalue weighted by Gasteiger charge is -2.35. The van der Waals surface area contributed by atoms with Crippen LogP contribution in [0.2, 0.25) is 0 Å². The number of carbonyl (C=O) groups is 1. The molecule has 1 fully saturated rings. The Hall–Kier alpha value is -3.34. The van der Waals surface area contributed by atoms with E-state index in [1.165, 1.54) is 11.0 Å². The van der Waals surface area contributed by atoms with Crippen molar-refractivity contribution in [3.63, 3.8) is 0 Å². The van der Waals surface area contributed by atoms with Crippen molar-refractivity contribution >= 4 is 21.6 Å². The van der Waals surface area contributed by atoms with Gasteiger partial charge in [-0.25, -0.2) is 18.1 Å². The second-order valence-electron chi connectivity index (χ2n) is 7.87. The van der Waals surface area contributed by atoms with Gasteiger partial charge in [-0.05, 0) is 43.7 Å². The number of carbonyl (C=O) groups excluding carboxylic acids is 1. The quantitative estimate of drug-likeness (QED) is 0.543. The molecule has 32 heavy (non-hydrogen) atoms. The zero-order valence-corrected chi connectivity index (χ0v) is 18.8. The third-order valence-electron chi connectivity index (χ3n) is 5.47. The highest BCUT2D eigenvalue weighted by atomic mass is 32.2. The average Bonchev–Trinajstić information content (AvgIpc) is 3.35. The van der Waals surface area contributed by atoms with Crippen molar-refractivity contribution in [3.05, 3.63) is 54.6 Å². The van der Waals surface area contributed by atoms with Crippen molar-refractivity contribution in [2.24, 2.45) is 0 Å². The second kappa shape index (κ2) is 9.03. The summed E-state index contributed by atoms with van der Waals surface area (Å²) in [4.78, 5) is 20.8. The van der Waals surface area contributed by atoms with Gasteiger partial charge in [-0.2, -0.15) is 5.10 Å². The van der Waals surface area contributed by atoms with Crippen LogP contribution in [0.25, 0.3) is 5.82 Å². The first-order valence-corrected chi connectivity index (χ1v) is 11.9. The standard InChI is InChI=1S/C21H25N7O3S/c1-16(2)32(30,31)18-5-3-17(4-6-18)13-21(29)27-11-9-26(10-12-27)19-7-8-20(25-24-19)28-15-22-14-23-28/h3-8,14-16H,9-13H2,1-2H3. The molecule has 0 atom stereocenters. The number of rotatable bonds is 6. The maximum Gasteiger partial charge on any atom is 0.227 e. The first-order chi connectivity index (χ1) is 15.3. The van der Waals surface area contributed by atoms with E-state index in [4.69, 9.17) is 0 Å². The summed E-state index contributed by atoms with van der Waals surface area (Å²) in [5.41, 5.74) is 0.801. The molecule has 1 amide bonds. The van der Waals surface area contributed by atoms with E-state index in [9.17, 15) is 13.2 Å². The molecule has 1 saturated heterocycles. The molecule has 3 heterocycles. The van der Waals surface area contributed by atoms with E-state index in [-0.39, 0.29) is 17.2 Å². The van der Waals surface area contributed by atoms with Gasteiger partial charge in [-0.1, -0.05) is 12.1 Å². The van der Waals surface area contributed by atoms with Crippen molar-refractivity contribution in [1.29, 1.82) is 0 Å². The summed E-state index contributed by atoms with van der Waals surface area (Å²) in [5.74, 6) is 1.37. The summed E-state index contributed by atoms with van der Waals surface area (Å²) in [6, 6.07) is 10.3. The van der Waals surface area contributed by atoms with Crippen LogP contribution in [0, 0.1) is 0 Å². The van der Waals surface area contributed by atoms with E-state index >= 15 is 0 Å². The van der Waals surface area contributed by atoms with Crippen LogP contribution >= 0.6 is 0 Å². The molecule has 0 unspecified atom stereocenters. The fraction of sp³-hybridized carbons (Fsp3) is 0.381. The zero-order chi connectivity index (χ0) is 22.7. The van der Waals surface area contributed by atoms with Crippen LogP contribution in [-0.4, -0.2) is 75.6 Å². The highest BCUT2D eigenvalue weighted by molar-refractivity contribution is 7.92. The monoisotopic (exact) mass is 455 g/mol. The highest BCUT2D eigenvalue weighted by Crippen LogP contribution is 2.18. The van der Waals surface area contributed by atoms with Gasteiger partial charge in [0.15, 0.2) is 21.5 Å². The zero-order valence-electron chi connectivity index (χ0n) is 18.0. The van der Waals surface area contributed by atoms with Gasteiger partial charge in [0.05, 0.1) is 16.6 Å². The molecule has 3 aromatic rings. The lowest BCUT2D eigenvalue weighted by atomic mass is 10.1. The molecule has 4 rings (SSSR count). The van der Waals surface area contributed by atoms with Gasteiger partial charge in [0.25, 0.3) is 0 Å². The fourth-order valence-corrected chi connectivity index (χ4v) is 4.54. The van der Waals surface area contributed by atoms with E-state index in [1.807, 2.05) is 17.0 Å². The molecule has 10 nitrogen and oxygen atoms in total. The first-order valence-electron chi connectivity index (χ1n) is 10.4. The fourth-order valence-electron chi connectivity index (χ4n) is 3.48. The summed E-state index contributed by atoms with van der Waals surface area (Å²) in [6.45, 7) is 5.81. The molecule has 1 aromatic carbocycles. The lowest BCUT2D eigenvalue weighted by Crippen LogP contribution is -2.49. The number of sulfone groups is 1. The minimum Gasteiger partial charge on any atom is -0.352 e. The summed E-state index contributed by atoms with van der Waals surface area (Å²) >= 11 is 0. The predicted molar refractivity (Wildman–Crippen MR) is 118 cm³/mol. The molecule has 2 aromatic heterocycles. The first kappa shape index (κ1) is 21.9. The average molecular weight is 456 g/mol. The smallest absolute Gasteiger partial charge is 0.227 e. The molecule has 0 radical (unpaired) electrons. The van der Waals surface area contributed by atoms with Crippen LogP contribution in [0.15, 0.2) is 53.9 Å². The molecule has 0 N–H and O–H groups in total. The number of hydrogen-bond donors (Lipinski definition) is 0. The Morgan fingerprint density at radius 2 is 1.62 bits per heavy atom. The number of amides is 1. The second-order valence-corrected chi connectivity index (χ2v) is 10.4. The van der Waals surface area contributed by atoms with Gasteiger partial charge in [0, 0.05) is 26.2 Å². The van der Waals surface area contributed by atoms with Gasteiger partial charge in [0.2, 0.25) is 5.91 Å². The predicted octanol–water partition coefficient (Wildman–Crippen LogP) is 1.13. The van der Waals surface area contributed by atoms with Gasteiger partial charge in [0.1, 0.15) is 12.7 Å². The van der Waals surface area contributed by atoms with Crippen LogP contribution < -0.4 is 4.90 Å². The summed E-state index contributed by atoms with van der Waals surface area (Å²) in [5, 5.41) is 12.0. The molecule has 168 valence electrons.